The van der Waals surface area contributed by atoms with Gasteiger partial charge in [-0.15, -0.1) is 0 Å². The van der Waals surface area contributed by atoms with Gasteiger partial charge in [0, 0.05) is 36.1 Å². The number of aliphatic hydroxyl groups is 1. The number of phenolic OH excluding ortho intramolecular Hbond substituents is 1. The van der Waals surface area contributed by atoms with Crippen molar-refractivity contribution in [2.45, 2.75) is 50.8 Å². The normalized spacial score (nSPS) is 21.6. The smallest absolute Gasteiger partial charge is 0.306 e. The number of phenols is 1. The lowest BCUT2D eigenvalue weighted by atomic mass is 9.80. The maximum absolute atomic E-state index is 14.1. The van der Waals surface area contributed by atoms with Crippen LogP contribution in [0.3, 0.4) is 0 Å². The van der Waals surface area contributed by atoms with Crippen molar-refractivity contribution in [3.63, 3.8) is 0 Å². The van der Waals surface area contributed by atoms with Gasteiger partial charge in [0.15, 0.2) is 0 Å². The second-order valence-electron chi connectivity index (χ2n) is 9.61. The molecule has 0 spiro atoms. The van der Waals surface area contributed by atoms with Crippen molar-refractivity contribution in [3.05, 3.63) is 59.2 Å². The zero-order chi connectivity index (χ0) is 24.7. The van der Waals surface area contributed by atoms with Crippen molar-refractivity contribution >= 4 is 16.7 Å². The van der Waals surface area contributed by atoms with Gasteiger partial charge in [0.05, 0.1) is 17.3 Å². The minimum absolute atomic E-state index is 0.0439. The molecular weight excluding hydrogens is 451 g/mol. The first kappa shape index (κ1) is 23.7. The lowest BCUT2D eigenvalue weighted by Gasteiger charge is -2.35. The van der Waals surface area contributed by atoms with Crippen LogP contribution in [0.25, 0.3) is 21.9 Å². The molecule has 0 radical (unpaired) electrons. The van der Waals surface area contributed by atoms with Gasteiger partial charge in [-0.25, -0.2) is 4.39 Å². The lowest BCUT2D eigenvalue weighted by Crippen LogP contribution is -2.45. The van der Waals surface area contributed by atoms with Crippen LogP contribution in [-0.2, 0) is 9.53 Å². The Morgan fingerprint density at radius 2 is 1.89 bits per heavy atom. The van der Waals surface area contributed by atoms with E-state index in [4.69, 9.17) is 14.8 Å². The maximum Gasteiger partial charge on any atom is 0.306 e. The topological polar surface area (TPSA) is 112 Å². The number of aliphatic hydroxyl groups excluding tert-OH is 1. The summed E-state index contributed by atoms with van der Waals surface area (Å²) in [5.41, 5.74) is 3.41. The Hall–Kier alpha value is -3.07. The van der Waals surface area contributed by atoms with Crippen LogP contribution in [0.5, 0.6) is 5.75 Å². The van der Waals surface area contributed by atoms with Crippen LogP contribution in [0.4, 0.5) is 4.39 Å². The van der Waals surface area contributed by atoms with E-state index in [1.165, 1.54) is 6.07 Å². The number of carbonyl (C=O) groups is 1. The highest BCUT2D eigenvalue weighted by molar-refractivity contribution is 6.00. The molecule has 1 saturated carbocycles. The molecule has 1 atom stereocenters. The van der Waals surface area contributed by atoms with E-state index >= 15 is 0 Å². The molecule has 0 bridgehead atoms. The quantitative estimate of drug-likeness (QED) is 0.387. The lowest BCUT2D eigenvalue weighted by molar-refractivity contribution is -0.145. The number of benzene rings is 2. The Morgan fingerprint density at radius 1 is 1.14 bits per heavy atom. The summed E-state index contributed by atoms with van der Waals surface area (Å²) in [7, 11) is 0. The predicted molar refractivity (Wildman–Crippen MR) is 129 cm³/mol. The van der Waals surface area contributed by atoms with Gasteiger partial charge in [0.25, 0.3) is 0 Å². The number of ether oxygens (including phenoxy) is 1. The third-order valence-electron chi connectivity index (χ3n) is 7.24. The first-order valence-corrected chi connectivity index (χ1v) is 12.0. The molecule has 1 aromatic heterocycles. The number of hydrogen-bond acceptors (Lipinski definition) is 6. The van der Waals surface area contributed by atoms with Gasteiger partial charge in [0.1, 0.15) is 17.8 Å². The number of nitrogens with one attached hydrogen (secondary N) is 1. The number of fused-ring (bicyclic) bond motifs is 1. The average Bonchev–Trinajstić information content (AvgIpc) is 2.82. The van der Waals surface area contributed by atoms with Crippen LogP contribution >= 0.6 is 0 Å². The number of carboxylic acids is 1. The van der Waals surface area contributed by atoms with E-state index in [1.54, 1.807) is 31.2 Å². The van der Waals surface area contributed by atoms with E-state index < -0.39 is 18.1 Å². The fraction of sp³-hybridized carbons (Fsp3) is 0.407. The van der Waals surface area contributed by atoms with Crippen molar-refractivity contribution in [1.82, 2.24) is 10.3 Å². The van der Waals surface area contributed by atoms with Gasteiger partial charge < -0.3 is 20.1 Å². The third kappa shape index (κ3) is 4.61. The summed E-state index contributed by atoms with van der Waals surface area (Å²) >= 11 is 0. The van der Waals surface area contributed by atoms with Crippen LogP contribution in [0.2, 0.25) is 0 Å². The summed E-state index contributed by atoms with van der Waals surface area (Å²) in [5.74, 6) is -1.38. The Labute approximate surface area is 202 Å². The summed E-state index contributed by atoms with van der Waals surface area (Å²) in [5, 5.41) is 35.1. The van der Waals surface area contributed by atoms with Crippen LogP contribution in [0.1, 0.15) is 54.8 Å². The molecule has 1 aliphatic heterocycles. The molecule has 2 aliphatic rings. The highest BCUT2D eigenvalue weighted by Crippen LogP contribution is 2.42. The van der Waals surface area contributed by atoms with Crippen molar-refractivity contribution in [2.24, 2.45) is 5.92 Å². The number of halogens is 1. The Kier molecular flexibility index (Phi) is 6.44. The molecule has 8 heteroatoms. The van der Waals surface area contributed by atoms with Crippen LogP contribution in [0.15, 0.2) is 36.4 Å². The number of rotatable bonds is 6. The summed E-state index contributed by atoms with van der Waals surface area (Å²) in [6.07, 6.45) is 1.29. The Morgan fingerprint density at radius 3 is 2.57 bits per heavy atom. The number of nitrogens with zero attached hydrogens (tertiary/aromatic N) is 1. The molecule has 1 aliphatic carbocycles. The van der Waals surface area contributed by atoms with E-state index in [0.717, 1.165) is 35.0 Å². The van der Waals surface area contributed by atoms with Gasteiger partial charge >= 0.3 is 5.97 Å². The molecule has 2 aromatic carbocycles. The molecule has 184 valence electrons. The number of carboxylic acid groups (broad SMARTS) is 1. The minimum atomic E-state index is -1.14. The van der Waals surface area contributed by atoms with Gasteiger partial charge in [-0.2, -0.15) is 0 Å². The number of hydrogen-bond donors (Lipinski definition) is 4. The van der Waals surface area contributed by atoms with E-state index in [1.807, 2.05) is 6.07 Å². The Balaban J connectivity index is 1.64. The fourth-order valence-corrected chi connectivity index (χ4v) is 5.18. The number of aryl methyl sites for hydroxylation is 1. The van der Waals surface area contributed by atoms with Gasteiger partial charge in [-0.1, -0.05) is 6.07 Å². The summed E-state index contributed by atoms with van der Waals surface area (Å²) in [6, 6.07) is 9.85. The Bertz CT molecular complexity index is 1270. The highest BCUT2D eigenvalue weighted by Gasteiger charge is 2.36. The summed E-state index contributed by atoms with van der Waals surface area (Å²) in [4.78, 5) is 16.1. The van der Waals surface area contributed by atoms with E-state index in [2.05, 4.69) is 5.32 Å². The number of pyridine rings is 1. The van der Waals surface area contributed by atoms with Crippen LogP contribution in [0, 0.1) is 18.7 Å². The SMILES string of the molecule is Cc1cc(-c2c(C3CCOCC3)nc(C(O)NC3CC(C(=O)O)C3)c3cc(O)ccc23)ccc1F. The molecule has 7 nitrogen and oxygen atoms in total. The average molecular weight is 481 g/mol. The number of aliphatic carboxylic acids is 1. The molecule has 2 fully saturated rings. The first-order valence-electron chi connectivity index (χ1n) is 12.0. The summed E-state index contributed by atoms with van der Waals surface area (Å²) in [6.45, 7) is 2.94. The molecule has 0 amide bonds. The van der Waals surface area contributed by atoms with E-state index in [-0.39, 0.29) is 23.5 Å². The minimum Gasteiger partial charge on any atom is -0.508 e. The number of aromatic hydroxyl groups is 1. The predicted octanol–water partition coefficient (Wildman–Crippen LogP) is 4.39. The molecule has 4 N–H and O–H groups in total. The van der Waals surface area contributed by atoms with Crippen molar-refractivity contribution < 1.29 is 29.2 Å². The van der Waals surface area contributed by atoms with Crippen molar-refractivity contribution in [1.29, 1.82) is 0 Å². The van der Waals surface area contributed by atoms with Gasteiger partial charge in [0.2, 0.25) is 0 Å². The zero-order valence-corrected chi connectivity index (χ0v) is 19.5. The second-order valence-corrected chi connectivity index (χ2v) is 9.61. The molecule has 1 unspecified atom stereocenters. The van der Waals surface area contributed by atoms with Crippen LogP contribution in [-0.4, -0.2) is 45.5 Å². The molecular formula is C27H29FN2O5. The third-order valence-corrected chi connectivity index (χ3v) is 7.24. The number of aromatic nitrogens is 1. The monoisotopic (exact) mass is 480 g/mol. The standard InChI is InChI=1S/C27H29FN2O5/c1-14-10-16(2-5-22(14)28)23-20-4-3-19(31)13-21(20)25(30-24(23)15-6-8-35-9-7-15)26(32)29-18-11-17(12-18)27(33)34/h2-5,10,13,15,17-18,26,29,31-32H,6-9,11-12H2,1H3,(H,33,34). The van der Waals surface area contributed by atoms with Crippen molar-refractivity contribution in [2.75, 3.05) is 13.2 Å². The van der Waals surface area contributed by atoms with E-state index in [9.17, 15) is 19.4 Å². The molecule has 35 heavy (non-hydrogen) atoms. The first-order chi connectivity index (χ1) is 16.8. The second kappa shape index (κ2) is 9.53. The largest absolute Gasteiger partial charge is 0.508 e. The highest BCUT2D eigenvalue weighted by atomic mass is 19.1. The summed E-state index contributed by atoms with van der Waals surface area (Å²) < 4.78 is 19.7. The van der Waals surface area contributed by atoms with E-state index in [0.29, 0.717) is 42.7 Å². The zero-order valence-electron chi connectivity index (χ0n) is 19.5. The van der Waals surface area contributed by atoms with Gasteiger partial charge in [-0.05, 0) is 79.5 Å². The maximum atomic E-state index is 14.1. The fourth-order valence-electron chi connectivity index (χ4n) is 5.18. The van der Waals surface area contributed by atoms with Gasteiger partial charge in [-0.3, -0.25) is 15.1 Å². The molecule has 5 rings (SSSR count). The van der Waals surface area contributed by atoms with Crippen LogP contribution < -0.4 is 5.32 Å². The molecule has 1 saturated heterocycles. The molecule has 3 aromatic rings. The van der Waals surface area contributed by atoms with Crippen molar-refractivity contribution in [3.8, 4) is 16.9 Å². The molecule has 2 heterocycles.